The number of rotatable bonds is 4. The molecule has 25 heavy (non-hydrogen) atoms. The summed E-state index contributed by atoms with van der Waals surface area (Å²) >= 11 is 7.37. The second-order valence-electron chi connectivity index (χ2n) is 6.66. The van der Waals surface area contributed by atoms with Gasteiger partial charge in [0.1, 0.15) is 0 Å². The van der Waals surface area contributed by atoms with Crippen molar-refractivity contribution in [3.63, 3.8) is 0 Å². The van der Waals surface area contributed by atoms with Crippen LogP contribution in [0.4, 0.5) is 5.13 Å². The molecule has 1 aromatic heterocycles. The van der Waals surface area contributed by atoms with E-state index >= 15 is 0 Å². The second kappa shape index (κ2) is 7.41. The lowest BCUT2D eigenvalue weighted by atomic mass is 10.1. The Morgan fingerprint density at radius 2 is 2.12 bits per heavy atom. The van der Waals surface area contributed by atoms with Crippen LogP contribution in [0.2, 0.25) is 5.02 Å². The van der Waals surface area contributed by atoms with Gasteiger partial charge in [0.05, 0.1) is 12.2 Å². The van der Waals surface area contributed by atoms with Crippen molar-refractivity contribution in [3.05, 3.63) is 34.7 Å². The third-order valence-electron chi connectivity index (χ3n) is 4.93. The van der Waals surface area contributed by atoms with Gasteiger partial charge in [-0.25, -0.2) is 4.98 Å². The van der Waals surface area contributed by atoms with Crippen molar-refractivity contribution in [3.8, 4) is 11.3 Å². The van der Waals surface area contributed by atoms with Gasteiger partial charge in [-0.3, -0.25) is 14.6 Å². The number of anilines is 1. The summed E-state index contributed by atoms with van der Waals surface area (Å²) < 4.78 is 0. The molecule has 3 heterocycles. The lowest BCUT2D eigenvalue weighted by Gasteiger charge is -2.36. The van der Waals surface area contributed by atoms with Crippen LogP contribution in [-0.2, 0) is 4.79 Å². The first-order valence-electron chi connectivity index (χ1n) is 8.65. The fraction of sp³-hybridized carbons (Fsp3) is 0.444. The molecule has 132 valence electrons. The first-order chi connectivity index (χ1) is 12.2. The first kappa shape index (κ1) is 17.0. The van der Waals surface area contributed by atoms with Crippen LogP contribution in [0.5, 0.6) is 0 Å². The van der Waals surface area contributed by atoms with Crippen molar-refractivity contribution in [2.45, 2.75) is 18.9 Å². The molecule has 1 amide bonds. The van der Waals surface area contributed by atoms with Crippen molar-refractivity contribution >= 4 is 34.0 Å². The molecule has 2 aromatic rings. The van der Waals surface area contributed by atoms with Gasteiger partial charge in [-0.2, -0.15) is 0 Å². The van der Waals surface area contributed by atoms with Gasteiger partial charge in [0.15, 0.2) is 5.13 Å². The summed E-state index contributed by atoms with van der Waals surface area (Å²) in [4.78, 5) is 21.7. The third kappa shape index (κ3) is 4.03. The van der Waals surface area contributed by atoms with Crippen LogP contribution in [0, 0.1) is 0 Å². The van der Waals surface area contributed by atoms with E-state index in [0.717, 1.165) is 30.9 Å². The SMILES string of the molecule is O=C(CN1CCN2CCC[C@H]2C1)Nc1nc(-c2ccc(Cl)cc2)cs1. The van der Waals surface area contributed by atoms with Gasteiger partial charge in [-0.05, 0) is 31.5 Å². The van der Waals surface area contributed by atoms with Gasteiger partial charge >= 0.3 is 0 Å². The van der Waals surface area contributed by atoms with Crippen LogP contribution in [0.1, 0.15) is 12.8 Å². The first-order valence-corrected chi connectivity index (χ1v) is 9.91. The Hall–Kier alpha value is -1.47. The summed E-state index contributed by atoms with van der Waals surface area (Å²) in [6, 6.07) is 8.19. The molecule has 1 N–H and O–H groups in total. The number of nitrogens with zero attached hydrogens (tertiary/aromatic N) is 3. The number of hydrogen-bond donors (Lipinski definition) is 1. The zero-order valence-electron chi connectivity index (χ0n) is 13.9. The number of hydrogen-bond acceptors (Lipinski definition) is 5. The Labute approximate surface area is 156 Å². The number of halogens is 1. The average Bonchev–Trinajstić information content (AvgIpc) is 3.24. The Bertz CT molecular complexity index is 748. The molecule has 0 aliphatic carbocycles. The standard InChI is InChI=1S/C18H21ClN4OS/c19-14-5-3-13(4-6-14)16-12-25-18(20-16)21-17(24)11-22-8-9-23-7-1-2-15(23)10-22/h3-6,12,15H,1-2,7-11H2,(H,20,21,24)/t15-/m0/s1. The zero-order valence-corrected chi connectivity index (χ0v) is 15.5. The van der Waals surface area contributed by atoms with Crippen molar-refractivity contribution in [1.82, 2.24) is 14.8 Å². The van der Waals surface area contributed by atoms with E-state index in [-0.39, 0.29) is 5.91 Å². The molecule has 0 spiro atoms. The Balaban J connectivity index is 1.33. The number of carbonyl (C=O) groups is 1. The fourth-order valence-electron chi connectivity index (χ4n) is 3.65. The van der Waals surface area contributed by atoms with E-state index in [4.69, 9.17) is 11.6 Å². The maximum atomic E-state index is 12.3. The normalized spacial score (nSPS) is 21.2. The largest absolute Gasteiger partial charge is 0.301 e. The van der Waals surface area contributed by atoms with E-state index < -0.39 is 0 Å². The molecule has 2 fully saturated rings. The highest BCUT2D eigenvalue weighted by atomic mass is 35.5. The highest BCUT2D eigenvalue weighted by molar-refractivity contribution is 7.14. The van der Waals surface area contributed by atoms with E-state index in [2.05, 4.69) is 20.1 Å². The summed E-state index contributed by atoms with van der Waals surface area (Å²) in [6.07, 6.45) is 2.55. The quantitative estimate of drug-likeness (QED) is 0.890. The molecule has 2 aliphatic rings. The average molecular weight is 377 g/mol. The molecule has 4 rings (SSSR count). The van der Waals surface area contributed by atoms with Gasteiger partial charge in [0.25, 0.3) is 0 Å². The van der Waals surface area contributed by atoms with Gasteiger partial charge in [-0.15, -0.1) is 11.3 Å². The fourth-order valence-corrected chi connectivity index (χ4v) is 4.51. The molecule has 0 bridgehead atoms. The topological polar surface area (TPSA) is 48.5 Å². The number of fused-ring (bicyclic) bond motifs is 1. The Kier molecular flexibility index (Phi) is 5.03. The third-order valence-corrected chi connectivity index (χ3v) is 5.94. The van der Waals surface area contributed by atoms with Crippen LogP contribution < -0.4 is 5.32 Å². The number of benzene rings is 1. The second-order valence-corrected chi connectivity index (χ2v) is 7.95. The van der Waals surface area contributed by atoms with Crippen molar-refractivity contribution in [1.29, 1.82) is 0 Å². The molecule has 1 atom stereocenters. The lowest BCUT2D eigenvalue weighted by molar-refractivity contribution is -0.117. The number of carbonyl (C=O) groups excluding carboxylic acids is 1. The molecule has 0 unspecified atom stereocenters. The molecule has 2 saturated heterocycles. The number of aromatic nitrogens is 1. The summed E-state index contributed by atoms with van der Waals surface area (Å²) in [5.41, 5.74) is 1.86. The number of piperazine rings is 1. The Morgan fingerprint density at radius 1 is 1.28 bits per heavy atom. The minimum absolute atomic E-state index is 0.0171. The lowest BCUT2D eigenvalue weighted by Crippen LogP contribution is -2.51. The smallest absolute Gasteiger partial charge is 0.240 e. The van der Waals surface area contributed by atoms with Gasteiger partial charge in [-0.1, -0.05) is 23.7 Å². The minimum Gasteiger partial charge on any atom is -0.301 e. The maximum absolute atomic E-state index is 12.3. The predicted molar refractivity (Wildman–Crippen MR) is 102 cm³/mol. The van der Waals surface area contributed by atoms with E-state index in [1.165, 1.54) is 30.7 Å². The van der Waals surface area contributed by atoms with Crippen LogP contribution in [-0.4, -0.2) is 59.5 Å². The Morgan fingerprint density at radius 3 is 2.96 bits per heavy atom. The minimum atomic E-state index is 0.0171. The molecule has 0 saturated carbocycles. The molecule has 0 radical (unpaired) electrons. The van der Waals surface area contributed by atoms with Crippen molar-refractivity contribution in [2.24, 2.45) is 0 Å². The van der Waals surface area contributed by atoms with E-state index in [0.29, 0.717) is 22.7 Å². The van der Waals surface area contributed by atoms with E-state index in [1.807, 2.05) is 29.6 Å². The number of nitrogens with one attached hydrogen (secondary N) is 1. The summed E-state index contributed by atoms with van der Waals surface area (Å²) in [7, 11) is 0. The van der Waals surface area contributed by atoms with Crippen LogP contribution in [0.25, 0.3) is 11.3 Å². The highest BCUT2D eigenvalue weighted by Gasteiger charge is 2.31. The molecule has 2 aliphatic heterocycles. The number of amides is 1. The molecule has 5 nitrogen and oxygen atoms in total. The van der Waals surface area contributed by atoms with Crippen LogP contribution in [0.15, 0.2) is 29.6 Å². The molecular formula is C18H21ClN4OS. The van der Waals surface area contributed by atoms with Gasteiger partial charge in [0, 0.05) is 41.6 Å². The van der Waals surface area contributed by atoms with Crippen LogP contribution >= 0.6 is 22.9 Å². The van der Waals surface area contributed by atoms with E-state index in [9.17, 15) is 4.79 Å². The number of thiazole rings is 1. The maximum Gasteiger partial charge on any atom is 0.240 e. The molecule has 7 heteroatoms. The van der Waals surface area contributed by atoms with Crippen molar-refractivity contribution in [2.75, 3.05) is 38.0 Å². The summed E-state index contributed by atoms with van der Waals surface area (Å²) in [6.45, 7) is 4.71. The van der Waals surface area contributed by atoms with Crippen LogP contribution in [0.3, 0.4) is 0 Å². The van der Waals surface area contributed by atoms with Crippen molar-refractivity contribution < 1.29 is 4.79 Å². The monoisotopic (exact) mass is 376 g/mol. The van der Waals surface area contributed by atoms with Gasteiger partial charge in [0.2, 0.25) is 5.91 Å². The highest BCUT2D eigenvalue weighted by Crippen LogP contribution is 2.26. The predicted octanol–water partition coefficient (Wildman–Crippen LogP) is 3.18. The van der Waals surface area contributed by atoms with E-state index in [1.54, 1.807) is 0 Å². The van der Waals surface area contributed by atoms with Gasteiger partial charge < -0.3 is 5.32 Å². The summed E-state index contributed by atoms with van der Waals surface area (Å²) in [5, 5.41) is 6.24. The molecular weight excluding hydrogens is 356 g/mol. The molecule has 1 aromatic carbocycles. The zero-order chi connectivity index (χ0) is 17.2. The summed E-state index contributed by atoms with van der Waals surface area (Å²) in [5.74, 6) is 0.0171.